The lowest BCUT2D eigenvalue weighted by molar-refractivity contribution is -0.117. The lowest BCUT2D eigenvalue weighted by Crippen LogP contribution is -2.49. The number of rotatable bonds is 4. The maximum Gasteiger partial charge on any atom is 0.238 e. The van der Waals surface area contributed by atoms with Crippen LogP contribution in [0.15, 0.2) is 36.8 Å². The van der Waals surface area contributed by atoms with Gasteiger partial charge >= 0.3 is 0 Å². The van der Waals surface area contributed by atoms with Crippen LogP contribution in [-0.2, 0) is 4.79 Å². The summed E-state index contributed by atoms with van der Waals surface area (Å²) in [5, 5.41) is 2.58. The Morgan fingerprint density at radius 3 is 2.58 bits per heavy atom. The summed E-state index contributed by atoms with van der Waals surface area (Å²) in [6.07, 6.45) is 4.99. The molecule has 24 heavy (non-hydrogen) atoms. The van der Waals surface area contributed by atoms with Gasteiger partial charge in [-0.05, 0) is 12.1 Å². The van der Waals surface area contributed by atoms with Crippen molar-refractivity contribution in [2.75, 3.05) is 42.9 Å². The first-order valence-electron chi connectivity index (χ1n) is 7.60. The molecule has 8 heteroatoms. The van der Waals surface area contributed by atoms with E-state index in [2.05, 4.69) is 20.2 Å². The minimum absolute atomic E-state index is 0.202. The normalized spacial score (nSPS) is 15.3. The van der Waals surface area contributed by atoms with Gasteiger partial charge in [-0.3, -0.25) is 14.7 Å². The molecule has 1 saturated heterocycles. The van der Waals surface area contributed by atoms with E-state index in [-0.39, 0.29) is 18.1 Å². The molecule has 0 radical (unpaired) electrons. The highest BCUT2D eigenvalue weighted by Crippen LogP contribution is 2.14. The maximum atomic E-state index is 13.1. The van der Waals surface area contributed by atoms with Crippen molar-refractivity contribution in [1.82, 2.24) is 14.9 Å². The fourth-order valence-electron chi connectivity index (χ4n) is 2.57. The fourth-order valence-corrected chi connectivity index (χ4v) is 2.57. The van der Waals surface area contributed by atoms with Gasteiger partial charge in [-0.25, -0.2) is 13.8 Å². The Kier molecular flexibility index (Phi) is 4.95. The molecule has 1 aromatic carbocycles. The van der Waals surface area contributed by atoms with E-state index in [4.69, 9.17) is 0 Å². The molecule has 0 aliphatic carbocycles. The summed E-state index contributed by atoms with van der Waals surface area (Å²) in [4.78, 5) is 24.4. The van der Waals surface area contributed by atoms with E-state index in [9.17, 15) is 13.6 Å². The Hall–Kier alpha value is -2.61. The van der Waals surface area contributed by atoms with Crippen LogP contribution in [-0.4, -0.2) is 53.5 Å². The third kappa shape index (κ3) is 4.02. The molecule has 2 heterocycles. The fraction of sp³-hybridized carbons (Fsp3) is 0.312. The smallest absolute Gasteiger partial charge is 0.238 e. The van der Waals surface area contributed by atoms with Gasteiger partial charge in [0, 0.05) is 50.3 Å². The lowest BCUT2D eigenvalue weighted by atomic mass is 10.3. The number of carbonyl (C=O) groups excluding carboxylic acids is 1. The Morgan fingerprint density at radius 2 is 1.92 bits per heavy atom. The molecule has 1 aliphatic heterocycles. The molecule has 2 aromatic rings. The zero-order valence-electron chi connectivity index (χ0n) is 13.0. The zero-order chi connectivity index (χ0) is 16.9. The molecule has 0 spiro atoms. The van der Waals surface area contributed by atoms with E-state index in [0.717, 1.165) is 31.0 Å². The first-order valence-corrected chi connectivity index (χ1v) is 7.60. The number of piperazine rings is 1. The second-order valence-corrected chi connectivity index (χ2v) is 5.50. The largest absolute Gasteiger partial charge is 0.353 e. The van der Waals surface area contributed by atoms with E-state index in [0.29, 0.717) is 13.1 Å². The van der Waals surface area contributed by atoms with Crippen molar-refractivity contribution in [2.45, 2.75) is 0 Å². The van der Waals surface area contributed by atoms with Gasteiger partial charge < -0.3 is 10.2 Å². The van der Waals surface area contributed by atoms with Crippen molar-refractivity contribution >= 4 is 17.4 Å². The molecule has 1 fully saturated rings. The van der Waals surface area contributed by atoms with Crippen molar-refractivity contribution < 1.29 is 13.6 Å². The highest BCUT2D eigenvalue weighted by Gasteiger charge is 2.20. The average molecular weight is 333 g/mol. The number of aromatic nitrogens is 2. The van der Waals surface area contributed by atoms with Crippen LogP contribution in [0.2, 0.25) is 0 Å². The van der Waals surface area contributed by atoms with Gasteiger partial charge in [0.2, 0.25) is 5.91 Å². The summed E-state index contributed by atoms with van der Waals surface area (Å²) in [5.41, 5.74) is 0.247. The molecular formula is C16H17F2N5O. The minimum Gasteiger partial charge on any atom is -0.353 e. The number of amides is 1. The van der Waals surface area contributed by atoms with Gasteiger partial charge in [0.15, 0.2) is 11.6 Å². The van der Waals surface area contributed by atoms with Crippen LogP contribution in [0.4, 0.5) is 20.3 Å². The van der Waals surface area contributed by atoms with E-state index in [1.165, 1.54) is 6.07 Å². The standard InChI is InChI=1S/C16H17F2N5O/c17-13-2-1-12(9-14(13)18)21-16(24)11-22-5-7-23(8-6-22)15-10-19-3-4-20-15/h1-4,9-10H,5-8,11H2,(H,21,24). The van der Waals surface area contributed by atoms with Gasteiger partial charge in [-0.1, -0.05) is 0 Å². The predicted octanol–water partition coefficient (Wildman–Crippen LogP) is 1.52. The van der Waals surface area contributed by atoms with Crippen LogP contribution in [0.1, 0.15) is 0 Å². The summed E-state index contributed by atoms with van der Waals surface area (Å²) in [6, 6.07) is 3.30. The predicted molar refractivity (Wildman–Crippen MR) is 85.7 cm³/mol. The second-order valence-electron chi connectivity index (χ2n) is 5.50. The minimum atomic E-state index is -0.981. The summed E-state index contributed by atoms with van der Waals surface area (Å²) >= 11 is 0. The van der Waals surface area contributed by atoms with Crippen LogP contribution in [0.5, 0.6) is 0 Å². The van der Waals surface area contributed by atoms with Crippen molar-refractivity contribution in [2.24, 2.45) is 0 Å². The molecule has 0 saturated carbocycles. The average Bonchev–Trinajstić information content (AvgIpc) is 2.59. The van der Waals surface area contributed by atoms with Crippen molar-refractivity contribution in [3.8, 4) is 0 Å². The maximum absolute atomic E-state index is 13.1. The Bertz CT molecular complexity index is 705. The molecule has 1 aliphatic rings. The number of nitrogens with zero attached hydrogens (tertiary/aromatic N) is 4. The quantitative estimate of drug-likeness (QED) is 0.919. The number of anilines is 2. The molecule has 6 nitrogen and oxygen atoms in total. The van der Waals surface area contributed by atoms with Crippen molar-refractivity contribution in [1.29, 1.82) is 0 Å². The molecule has 1 amide bonds. The van der Waals surface area contributed by atoms with Gasteiger partial charge in [-0.2, -0.15) is 0 Å². The summed E-state index contributed by atoms with van der Waals surface area (Å²) in [6.45, 7) is 3.12. The molecule has 1 aromatic heterocycles. The third-order valence-corrected chi connectivity index (χ3v) is 3.82. The monoisotopic (exact) mass is 333 g/mol. The number of nitrogens with one attached hydrogen (secondary N) is 1. The molecule has 0 bridgehead atoms. The summed E-state index contributed by atoms with van der Waals surface area (Å²) in [5.74, 6) is -1.35. The number of hydrogen-bond acceptors (Lipinski definition) is 5. The highest BCUT2D eigenvalue weighted by atomic mass is 19.2. The second kappa shape index (κ2) is 7.31. The number of benzene rings is 1. The Morgan fingerprint density at radius 1 is 1.12 bits per heavy atom. The van der Waals surface area contributed by atoms with Crippen molar-refractivity contribution in [3.05, 3.63) is 48.4 Å². The van der Waals surface area contributed by atoms with Crippen molar-refractivity contribution in [3.63, 3.8) is 0 Å². The summed E-state index contributed by atoms with van der Waals surface area (Å²) < 4.78 is 26.0. The van der Waals surface area contributed by atoms with Gasteiger partial charge in [0.05, 0.1) is 12.7 Å². The van der Waals surface area contributed by atoms with E-state index in [1.807, 2.05) is 4.90 Å². The van der Waals surface area contributed by atoms with Gasteiger partial charge in [-0.15, -0.1) is 0 Å². The van der Waals surface area contributed by atoms with Crippen LogP contribution in [0.25, 0.3) is 0 Å². The molecule has 0 atom stereocenters. The van der Waals surface area contributed by atoms with Crippen LogP contribution in [0, 0.1) is 11.6 Å². The molecule has 0 unspecified atom stereocenters. The van der Waals surface area contributed by atoms with E-state index >= 15 is 0 Å². The highest BCUT2D eigenvalue weighted by molar-refractivity contribution is 5.92. The number of hydrogen-bond donors (Lipinski definition) is 1. The molecule has 126 valence electrons. The van der Waals surface area contributed by atoms with Gasteiger partial charge in [0.1, 0.15) is 5.82 Å². The lowest BCUT2D eigenvalue weighted by Gasteiger charge is -2.34. The topological polar surface area (TPSA) is 61.4 Å². The van der Waals surface area contributed by atoms with Crippen LogP contribution in [0.3, 0.4) is 0 Å². The first kappa shape index (κ1) is 16.3. The van der Waals surface area contributed by atoms with Gasteiger partial charge in [0.25, 0.3) is 0 Å². The Labute approximate surface area is 138 Å². The molecule has 1 N–H and O–H groups in total. The number of carbonyl (C=O) groups is 1. The first-order chi connectivity index (χ1) is 11.6. The van der Waals surface area contributed by atoms with Crippen LogP contribution < -0.4 is 10.2 Å². The molecular weight excluding hydrogens is 316 g/mol. The number of halogens is 2. The van der Waals surface area contributed by atoms with E-state index in [1.54, 1.807) is 18.6 Å². The Balaban J connectivity index is 1.49. The zero-order valence-corrected chi connectivity index (χ0v) is 13.0. The third-order valence-electron chi connectivity index (χ3n) is 3.82. The SMILES string of the molecule is O=C(CN1CCN(c2cnccn2)CC1)Nc1ccc(F)c(F)c1. The van der Waals surface area contributed by atoms with E-state index < -0.39 is 11.6 Å². The summed E-state index contributed by atoms with van der Waals surface area (Å²) in [7, 11) is 0. The van der Waals surface area contributed by atoms with Crippen LogP contribution >= 0.6 is 0 Å². The molecule has 3 rings (SSSR count).